The fourth-order valence-corrected chi connectivity index (χ4v) is 5.28. The predicted molar refractivity (Wildman–Crippen MR) is 134 cm³/mol. The highest BCUT2D eigenvalue weighted by Gasteiger charge is 2.24. The van der Waals surface area contributed by atoms with Gasteiger partial charge in [-0.15, -0.1) is 10.2 Å². The van der Waals surface area contributed by atoms with Crippen LogP contribution in [0, 0.1) is 5.92 Å². The minimum absolute atomic E-state index is 0.133. The van der Waals surface area contributed by atoms with Crippen LogP contribution in [0.5, 0.6) is 0 Å². The zero-order valence-electron chi connectivity index (χ0n) is 18.6. The van der Waals surface area contributed by atoms with Gasteiger partial charge in [0.15, 0.2) is 10.9 Å². The summed E-state index contributed by atoms with van der Waals surface area (Å²) in [4.78, 5) is 15.0. The molecule has 8 heteroatoms. The van der Waals surface area contributed by atoms with Crippen molar-refractivity contribution in [2.24, 2.45) is 5.92 Å². The molecule has 0 aliphatic carbocycles. The molecule has 4 aromatic rings. The summed E-state index contributed by atoms with van der Waals surface area (Å²) in [5.41, 5.74) is 2.23. The normalized spacial score (nSPS) is 14.4. The van der Waals surface area contributed by atoms with Crippen molar-refractivity contribution >= 4 is 29.3 Å². The summed E-state index contributed by atoms with van der Waals surface area (Å²) in [5.74, 6) is 2.27. The number of carbonyl (C=O) groups excluding carboxylic acids is 1. The van der Waals surface area contributed by atoms with Crippen molar-refractivity contribution in [1.29, 1.82) is 0 Å². The Hall–Kier alpha value is -3.03. The Kier molecular flexibility index (Phi) is 7.02. The van der Waals surface area contributed by atoms with Crippen LogP contribution in [0.4, 0.5) is 0 Å². The number of amides is 1. The Bertz CT molecular complexity index is 1220. The number of thioether (sulfide) groups is 1. The average Bonchev–Trinajstić information content (AvgIpc) is 3.54. The third-order valence-electron chi connectivity index (χ3n) is 6.12. The largest absolute Gasteiger partial charge is 0.461 e. The second-order valence-corrected chi connectivity index (χ2v) is 9.78. The first-order valence-corrected chi connectivity index (χ1v) is 12.7. The number of piperidine rings is 1. The van der Waals surface area contributed by atoms with Gasteiger partial charge in [-0.2, -0.15) is 0 Å². The summed E-state index contributed by atoms with van der Waals surface area (Å²) in [6, 6.07) is 21.7. The standard InChI is InChI=1S/C26H25ClN4O2S/c27-21-8-10-22(11-9-21)31-25(23-7-4-16-33-23)28-29-26(31)34-18-24(32)30-14-12-20(13-15-30)17-19-5-2-1-3-6-19/h1-11,16,20H,12-15,17-18H2. The van der Waals surface area contributed by atoms with Crippen molar-refractivity contribution in [3.05, 3.63) is 83.6 Å². The summed E-state index contributed by atoms with van der Waals surface area (Å²) in [5, 5.41) is 9.99. The molecule has 1 amide bonds. The molecule has 1 fully saturated rings. The lowest BCUT2D eigenvalue weighted by atomic mass is 9.90. The lowest BCUT2D eigenvalue weighted by molar-refractivity contribution is -0.129. The molecule has 0 bridgehead atoms. The van der Waals surface area contributed by atoms with Crippen molar-refractivity contribution in [3.8, 4) is 17.3 Å². The van der Waals surface area contributed by atoms with Crippen LogP contribution in [0.15, 0.2) is 82.6 Å². The molecular formula is C26H25ClN4O2S. The molecule has 2 aromatic carbocycles. The maximum Gasteiger partial charge on any atom is 0.233 e. The van der Waals surface area contributed by atoms with Gasteiger partial charge < -0.3 is 9.32 Å². The van der Waals surface area contributed by atoms with E-state index in [1.807, 2.05) is 51.9 Å². The molecule has 0 radical (unpaired) electrons. The molecule has 0 unspecified atom stereocenters. The van der Waals surface area contributed by atoms with E-state index in [4.69, 9.17) is 16.0 Å². The molecule has 1 aliphatic rings. The van der Waals surface area contributed by atoms with E-state index in [1.165, 1.54) is 17.3 Å². The monoisotopic (exact) mass is 492 g/mol. The predicted octanol–water partition coefficient (Wildman–Crippen LogP) is 5.75. The second-order valence-electron chi connectivity index (χ2n) is 8.40. The van der Waals surface area contributed by atoms with E-state index in [0.29, 0.717) is 33.4 Å². The molecule has 2 aromatic heterocycles. The Morgan fingerprint density at radius 1 is 1.00 bits per heavy atom. The van der Waals surface area contributed by atoms with E-state index in [9.17, 15) is 4.79 Å². The van der Waals surface area contributed by atoms with Crippen molar-refractivity contribution < 1.29 is 9.21 Å². The van der Waals surface area contributed by atoms with Crippen LogP contribution >= 0.6 is 23.4 Å². The highest BCUT2D eigenvalue weighted by Crippen LogP contribution is 2.29. The van der Waals surface area contributed by atoms with Crippen LogP contribution in [0.1, 0.15) is 18.4 Å². The van der Waals surface area contributed by atoms with Crippen LogP contribution in [-0.4, -0.2) is 44.4 Å². The third kappa shape index (κ3) is 5.21. The zero-order chi connectivity index (χ0) is 23.3. The van der Waals surface area contributed by atoms with Gasteiger partial charge in [0, 0.05) is 23.8 Å². The van der Waals surface area contributed by atoms with Gasteiger partial charge in [0.2, 0.25) is 11.7 Å². The Labute approximate surface area is 207 Å². The molecular weight excluding hydrogens is 468 g/mol. The van der Waals surface area contributed by atoms with E-state index < -0.39 is 0 Å². The number of hydrogen-bond acceptors (Lipinski definition) is 5. The quantitative estimate of drug-likeness (QED) is 0.307. The number of rotatable bonds is 7. The van der Waals surface area contributed by atoms with Crippen molar-refractivity contribution in [2.45, 2.75) is 24.4 Å². The number of likely N-dealkylation sites (tertiary alicyclic amines) is 1. The van der Waals surface area contributed by atoms with Crippen LogP contribution in [0.25, 0.3) is 17.3 Å². The first kappa shape index (κ1) is 22.7. The number of halogens is 1. The third-order valence-corrected chi connectivity index (χ3v) is 7.28. The molecule has 1 aliphatic heterocycles. The lowest BCUT2D eigenvalue weighted by Crippen LogP contribution is -2.39. The minimum atomic E-state index is 0.133. The molecule has 3 heterocycles. The zero-order valence-corrected chi connectivity index (χ0v) is 20.2. The second kappa shape index (κ2) is 10.5. The van der Waals surface area contributed by atoms with Crippen molar-refractivity contribution in [1.82, 2.24) is 19.7 Å². The molecule has 1 saturated heterocycles. The Balaban J connectivity index is 1.24. The number of benzene rings is 2. The SMILES string of the molecule is O=C(CSc1nnc(-c2ccco2)n1-c1ccc(Cl)cc1)N1CCC(Cc2ccccc2)CC1. The topological polar surface area (TPSA) is 64.2 Å². The number of aromatic nitrogens is 3. The molecule has 6 nitrogen and oxygen atoms in total. The average molecular weight is 493 g/mol. The van der Waals surface area contributed by atoms with Crippen LogP contribution < -0.4 is 0 Å². The van der Waals surface area contributed by atoms with Gasteiger partial charge >= 0.3 is 0 Å². The molecule has 5 rings (SSSR count). The Morgan fingerprint density at radius 2 is 1.76 bits per heavy atom. The van der Waals surface area contributed by atoms with Gasteiger partial charge in [-0.1, -0.05) is 53.7 Å². The summed E-state index contributed by atoms with van der Waals surface area (Å²) in [6.45, 7) is 1.61. The summed E-state index contributed by atoms with van der Waals surface area (Å²) in [7, 11) is 0. The lowest BCUT2D eigenvalue weighted by Gasteiger charge is -2.32. The van der Waals surface area contributed by atoms with Gasteiger partial charge in [0.1, 0.15) is 0 Å². The van der Waals surface area contributed by atoms with E-state index in [2.05, 4.69) is 34.5 Å². The van der Waals surface area contributed by atoms with Crippen molar-refractivity contribution in [2.75, 3.05) is 18.8 Å². The fourth-order valence-electron chi connectivity index (χ4n) is 4.30. The van der Waals surface area contributed by atoms with E-state index in [-0.39, 0.29) is 5.91 Å². The number of hydrogen-bond donors (Lipinski definition) is 0. The number of carbonyl (C=O) groups is 1. The maximum absolute atomic E-state index is 13.0. The van der Waals surface area contributed by atoms with Gasteiger partial charge in [0.05, 0.1) is 12.0 Å². The van der Waals surface area contributed by atoms with Crippen molar-refractivity contribution in [3.63, 3.8) is 0 Å². The fraction of sp³-hybridized carbons (Fsp3) is 0.269. The number of nitrogens with zero attached hydrogens (tertiary/aromatic N) is 4. The molecule has 174 valence electrons. The molecule has 0 saturated carbocycles. The minimum Gasteiger partial charge on any atom is -0.461 e. The van der Waals surface area contributed by atoms with Crippen LogP contribution in [0.2, 0.25) is 5.02 Å². The van der Waals surface area contributed by atoms with Gasteiger partial charge in [-0.05, 0) is 67.1 Å². The molecule has 0 spiro atoms. The summed E-state index contributed by atoms with van der Waals surface area (Å²) < 4.78 is 7.46. The number of furan rings is 1. The molecule has 0 atom stereocenters. The summed E-state index contributed by atoms with van der Waals surface area (Å²) >= 11 is 7.47. The van der Waals surface area contributed by atoms with E-state index in [0.717, 1.165) is 38.0 Å². The first-order chi connectivity index (χ1) is 16.7. The van der Waals surface area contributed by atoms with Gasteiger partial charge in [-0.25, -0.2) is 0 Å². The van der Waals surface area contributed by atoms with Gasteiger partial charge in [-0.3, -0.25) is 9.36 Å². The van der Waals surface area contributed by atoms with Gasteiger partial charge in [0.25, 0.3) is 0 Å². The summed E-state index contributed by atoms with van der Waals surface area (Å²) in [6.07, 6.45) is 4.76. The Morgan fingerprint density at radius 3 is 2.47 bits per heavy atom. The highest BCUT2D eigenvalue weighted by molar-refractivity contribution is 7.99. The van der Waals surface area contributed by atoms with Crippen LogP contribution in [-0.2, 0) is 11.2 Å². The van der Waals surface area contributed by atoms with E-state index in [1.54, 1.807) is 6.26 Å². The van der Waals surface area contributed by atoms with Crippen LogP contribution in [0.3, 0.4) is 0 Å². The molecule has 34 heavy (non-hydrogen) atoms. The maximum atomic E-state index is 13.0. The highest BCUT2D eigenvalue weighted by atomic mass is 35.5. The smallest absolute Gasteiger partial charge is 0.233 e. The first-order valence-electron chi connectivity index (χ1n) is 11.4. The molecule has 0 N–H and O–H groups in total. The van der Waals surface area contributed by atoms with E-state index >= 15 is 0 Å².